The normalized spacial score (nSPS) is 12.1. The first-order valence-corrected chi connectivity index (χ1v) is 13.2. The Bertz CT molecular complexity index is 1980. The molecule has 6 aromatic rings. The molecule has 0 unspecified atom stereocenters. The van der Waals surface area contributed by atoms with E-state index in [9.17, 15) is 9.59 Å². The third kappa shape index (κ3) is 4.30. The van der Waals surface area contributed by atoms with E-state index in [4.69, 9.17) is 11.6 Å². The molecule has 0 amide bonds. The topological polar surface area (TPSA) is 118 Å². The highest BCUT2D eigenvalue weighted by Crippen LogP contribution is 2.36. The Morgan fingerprint density at radius 2 is 1.73 bits per heavy atom. The number of anilines is 1. The number of fused-ring (bicyclic) bond motifs is 2. The van der Waals surface area contributed by atoms with Gasteiger partial charge in [0, 0.05) is 47.7 Å². The molecular weight excluding hydrogens is 526 g/mol. The first-order chi connectivity index (χ1) is 19.5. The van der Waals surface area contributed by atoms with Gasteiger partial charge in [-0.25, -0.2) is 19.9 Å². The summed E-state index contributed by atoms with van der Waals surface area (Å²) in [4.78, 5) is 47.4. The molecule has 6 rings (SSSR count). The van der Waals surface area contributed by atoms with Crippen LogP contribution in [0.4, 0.5) is 5.82 Å². The standard InChI is InChI=1S/C30H24ClN7O2/c1-3-23-33-14-18(15-34-23)20-10-7-11-21-24(20)30(40)38(19-8-5-4-6-9-19)27(26(21)31)17(2)37-29-25-22(39)12-13-32-28(25)35-16-36-29/h4-17H,3H2,1-2H3,(H2,32,35,36,37,39)/t17-/m0/s1. The fourth-order valence-corrected chi connectivity index (χ4v) is 5.35. The minimum Gasteiger partial charge on any atom is -0.361 e. The zero-order valence-electron chi connectivity index (χ0n) is 21.7. The zero-order valence-corrected chi connectivity index (χ0v) is 22.5. The van der Waals surface area contributed by atoms with Crippen LogP contribution in [0.15, 0.2) is 89.1 Å². The number of pyridine rings is 2. The number of rotatable bonds is 6. The van der Waals surface area contributed by atoms with E-state index in [2.05, 4.69) is 30.2 Å². The molecule has 0 saturated heterocycles. The lowest BCUT2D eigenvalue weighted by Crippen LogP contribution is -2.27. The monoisotopic (exact) mass is 549 g/mol. The van der Waals surface area contributed by atoms with E-state index >= 15 is 0 Å². The van der Waals surface area contributed by atoms with E-state index in [1.165, 1.54) is 18.6 Å². The molecule has 0 aliphatic carbocycles. The number of nitrogens with zero attached hydrogens (tertiary/aromatic N) is 5. The minimum absolute atomic E-state index is 0.227. The molecule has 0 saturated carbocycles. The smallest absolute Gasteiger partial charge is 0.263 e. The van der Waals surface area contributed by atoms with Gasteiger partial charge in [0.1, 0.15) is 29.0 Å². The SMILES string of the molecule is CCc1ncc(-c2cccc3c(Cl)c([C@H](C)Nc4ncnc5[nH]ccc(=O)c45)n(-c4ccccc4)c(=O)c23)cn1. The highest BCUT2D eigenvalue weighted by Gasteiger charge is 2.24. The lowest BCUT2D eigenvalue weighted by atomic mass is 9.99. The van der Waals surface area contributed by atoms with Crippen molar-refractivity contribution >= 4 is 39.2 Å². The van der Waals surface area contributed by atoms with Crippen LogP contribution in [-0.4, -0.2) is 29.5 Å². The fourth-order valence-electron chi connectivity index (χ4n) is 4.95. The number of para-hydroxylation sites is 1. The average Bonchev–Trinajstić information content (AvgIpc) is 2.99. The van der Waals surface area contributed by atoms with Crippen LogP contribution in [0.2, 0.25) is 5.02 Å². The van der Waals surface area contributed by atoms with E-state index in [1.807, 2.05) is 62.4 Å². The van der Waals surface area contributed by atoms with Crippen LogP contribution in [0.25, 0.3) is 38.6 Å². The Morgan fingerprint density at radius 3 is 2.48 bits per heavy atom. The maximum absolute atomic E-state index is 14.4. The summed E-state index contributed by atoms with van der Waals surface area (Å²) in [6.45, 7) is 3.86. The number of benzene rings is 2. The molecule has 9 nitrogen and oxygen atoms in total. The quantitative estimate of drug-likeness (QED) is 0.283. The van der Waals surface area contributed by atoms with Crippen LogP contribution in [-0.2, 0) is 6.42 Å². The molecule has 4 aromatic heterocycles. The summed E-state index contributed by atoms with van der Waals surface area (Å²) in [7, 11) is 0. The van der Waals surface area contributed by atoms with Gasteiger partial charge >= 0.3 is 0 Å². The minimum atomic E-state index is -0.529. The van der Waals surface area contributed by atoms with Crippen molar-refractivity contribution in [2.24, 2.45) is 0 Å². The first kappa shape index (κ1) is 25.4. The molecule has 40 heavy (non-hydrogen) atoms. The Balaban J connectivity index is 1.60. The number of nitrogens with one attached hydrogen (secondary N) is 2. The van der Waals surface area contributed by atoms with Crippen LogP contribution >= 0.6 is 11.6 Å². The number of aryl methyl sites for hydroxylation is 1. The Kier molecular flexibility index (Phi) is 6.57. The summed E-state index contributed by atoms with van der Waals surface area (Å²) < 4.78 is 1.61. The number of hydrogen-bond donors (Lipinski definition) is 2. The number of hydrogen-bond acceptors (Lipinski definition) is 7. The van der Waals surface area contributed by atoms with E-state index < -0.39 is 6.04 Å². The maximum atomic E-state index is 14.4. The van der Waals surface area contributed by atoms with Crippen molar-refractivity contribution in [1.29, 1.82) is 0 Å². The van der Waals surface area contributed by atoms with Gasteiger partial charge < -0.3 is 10.3 Å². The molecule has 2 aromatic carbocycles. The van der Waals surface area contributed by atoms with Gasteiger partial charge in [-0.2, -0.15) is 0 Å². The predicted molar refractivity (Wildman–Crippen MR) is 157 cm³/mol. The van der Waals surface area contributed by atoms with Crippen molar-refractivity contribution in [1.82, 2.24) is 29.5 Å². The predicted octanol–water partition coefficient (Wildman–Crippen LogP) is 5.47. The van der Waals surface area contributed by atoms with Gasteiger partial charge in [0.05, 0.1) is 22.1 Å². The van der Waals surface area contributed by atoms with Crippen LogP contribution in [0.1, 0.15) is 31.4 Å². The van der Waals surface area contributed by atoms with Gasteiger partial charge in [-0.05, 0) is 24.6 Å². The van der Waals surface area contributed by atoms with Crippen LogP contribution in [0, 0.1) is 0 Å². The molecule has 4 heterocycles. The van der Waals surface area contributed by atoms with Gasteiger partial charge in [-0.3, -0.25) is 14.2 Å². The number of aromatic nitrogens is 6. The Labute approximate surface area is 233 Å². The second-order valence-electron chi connectivity index (χ2n) is 9.30. The van der Waals surface area contributed by atoms with Gasteiger partial charge in [-0.15, -0.1) is 0 Å². The molecule has 1 atom stereocenters. The third-order valence-electron chi connectivity index (χ3n) is 6.84. The highest BCUT2D eigenvalue weighted by molar-refractivity contribution is 6.36. The lowest BCUT2D eigenvalue weighted by molar-refractivity contribution is 0.774. The van der Waals surface area contributed by atoms with E-state index in [0.717, 1.165) is 11.4 Å². The summed E-state index contributed by atoms with van der Waals surface area (Å²) in [6, 6.07) is 15.8. The van der Waals surface area contributed by atoms with Crippen molar-refractivity contribution in [3.63, 3.8) is 0 Å². The van der Waals surface area contributed by atoms with Crippen molar-refractivity contribution in [3.05, 3.63) is 117 Å². The molecule has 0 aliphatic heterocycles. The number of H-pyrrole nitrogens is 1. The summed E-state index contributed by atoms with van der Waals surface area (Å²) >= 11 is 7.15. The van der Waals surface area contributed by atoms with Crippen molar-refractivity contribution < 1.29 is 0 Å². The summed E-state index contributed by atoms with van der Waals surface area (Å²) in [5.74, 6) is 1.06. The van der Waals surface area contributed by atoms with Gasteiger partial charge in [0.15, 0.2) is 5.43 Å². The molecule has 0 fully saturated rings. The van der Waals surface area contributed by atoms with Gasteiger partial charge in [0.25, 0.3) is 5.56 Å². The Morgan fingerprint density at radius 1 is 0.950 bits per heavy atom. The average molecular weight is 550 g/mol. The molecule has 198 valence electrons. The first-order valence-electron chi connectivity index (χ1n) is 12.8. The molecule has 0 radical (unpaired) electrons. The molecule has 0 bridgehead atoms. The van der Waals surface area contributed by atoms with Crippen LogP contribution < -0.4 is 16.3 Å². The fraction of sp³-hybridized carbons (Fsp3) is 0.133. The second kappa shape index (κ2) is 10.3. The molecular formula is C30H24ClN7O2. The van der Waals surface area contributed by atoms with E-state index in [0.29, 0.717) is 56.0 Å². The maximum Gasteiger partial charge on any atom is 0.263 e. The van der Waals surface area contributed by atoms with Crippen molar-refractivity contribution in [2.75, 3.05) is 5.32 Å². The van der Waals surface area contributed by atoms with E-state index in [1.54, 1.807) is 17.0 Å². The highest BCUT2D eigenvalue weighted by atomic mass is 35.5. The van der Waals surface area contributed by atoms with Crippen molar-refractivity contribution in [2.45, 2.75) is 26.3 Å². The molecule has 2 N–H and O–H groups in total. The second-order valence-corrected chi connectivity index (χ2v) is 9.68. The number of aromatic amines is 1. The van der Waals surface area contributed by atoms with Gasteiger partial charge in [0.2, 0.25) is 0 Å². The number of halogens is 1. The Hall–Kier alpha value is -4.89. The van der Waals surface area contributed by atoms with E-state index in [-0.39, 0.29) is 11.0 Å². The van der Waals surface area contributed by atoms with Crippen LogP contribution in [0.5, 0.6) is 0 Å². The van der Waals surface area contributed by atoms with Crippen molar-refractivity contribution in [3.8, 4) is 16.8 Å². The molecule has 10 heteroatoms. The summed E-state index contributed by atoms with van der Waals surface area (Å²) in [6.07, 6.45) is 7.09. The largest absolute Gasteiger partial charge is 0.361 e. The molecule has 0 spiro atoms. The van der Waals surface area contributed by atoms with Gasteiger partial charge in [-0.1, -0.05) is 54.9 Å². The summed E-state index contributed by atoms with van der Waals surface area (Å²) in [5.41, 5.74) is 2.53. The van der Waals surface area contributed by atoms with Crippen LogP contribution in [0.3, 0.4) is 0 Å². The summed E-state index contributed by atoms with van der Waals surface area (Å²) in [5, 5.41) is 5.09. The zero-order chi connectivity index (χ0) is 27.8. The third-order valence-corrected chi connectivity index (χ3v) is 7.24. The molecule has 0 aliphatic rings. The lowest BCUT2D eigenvalue weighted by Gasteiger charge is -2.24.